The fourth-order valence-corrected chi connectivity index (χ4v) is 4.27. The number of rotatable bonds is 5. The summed E-state index contributed by atoms with van der Waals surface area (Å²) in [5.74, 6) is -0.883. The summed E-state index contributed by atoms with van der Waals surface area (Å²) >= 11 is 0. The Morgan fingerprint density at radius 3 is 2.12 bits per heavy atom. The molecular formula is C20H15F6N3O3S. The zero-order valence-corrected chi connectivity index (χ0v) is 17.5. The van der Waals surface area contributed by atoms with E-state index < -0.39 is 44.2 Å². The normalized spacial score (nSPS) is 12.6. The average Bonchev–Trinajstić information content (AvgIpc) is 3.14. The van der Waals surface area contributed by atoms with Crippen molar-refractivity contribution in [3.05, 3.63) is 77.1 Å². The van der Waals surface area contributed by atoms with Crippen molar-refractivity contribution in [3.8, 4) is 0 Å². The Morgan fingerprint density at radius 2 is 1.55 bits per heavy atom. The minimum atomic E-state index is -4.73. The summed E-state index contributed by atoms with van der Waals surface area (Å²) in [6.45, 7) is -0.253. The van der Waals surface area contributed by atoms with E-state index in [-0.39, 0.29) is 22.7 Å². The summed E-state index contributed by atoms with van der Waals surface area (Å²) in [6, 6.07) is 8.94. The Kier molecular flexibility index (Phi) is 6.29. The lowest BCUT2D eigenvalue weighted by molar-refractivity contribution is -0.141. The van der Waals surface area contributed by atoms with E-state index in [1.165, 1.54) is 18.2 Å². The van der Waals surface area contributed by atoms with Gasteiger partial charge in [0.25, 0.3) is 5.91 Å². The zero-order valence-electron chi connectivity index (χ0n) is 16.7. The number of nitrogens with zero attached hydrogens (tertiary/aromatic N) is 2. The molecule has 1 aromatic heterocycles. The summed E-state index contributed by atoms with van der Waals surface area (Å²) in [7, 11) is -3.15. The van der Waals surface area contributed by atoms with Crippen molar-refractivity contribution in [2.45, 2.75) is 28.7 Å². The molecule has 0 saturated carbocycles. The number of aromatic nitrogens is 2. The third-order valence-electron chi connectivity index (χ3n) is 4.54. The summed E-state index contributed by atoms with van der Waals surface area (Å²) in [4.78, 5) is 11.4. The van der Waals surface area contributed by atoms with Gasteiger partial charge in [0, 0.05) is 19.7 Å². The van der Waals surface area contributed by atoms with E-state index in [0.29, 0.717) is 12.1 Å². The summed E-state index contributed by atoms with van der Waals surface area (Å²) in [5, 5.41) is 5.59. The molecule has 6 nitrogen and oxygen atoms in total. The van der Waals surface area contributed by atoms with Crippen molar-refractivity contribution in [2.24, 2.45) is 7.05 Å². The molecule has 13 heteroatoms. The largest absolute Gasteiger partial charge is 0.435 e. The number of hydrogen-bond donors (Lipinski definition) is 1. The predicted molar refractivity (Wildman–Crippen MR) is 103 cm³/mol. The number of aryl methyl sites for hydroxylation is 1. The van der Waals surface area contributed by atoms with E-state index in [1.807, 2.05) is 0 Å². The lowest BCUT2D eigenvalue weighted by atomic mass is 10.2. The molecule has 176 valence electrons. The Bertz CT molecular complexity index is 1300. The van der Waals surface area contributed by atoms with Crippen LogP contribution in [-0.2, 0) is 35.8 Å². The molecule has 33 heavy (non-hydrogen) atoms. The molecule has 3 aromatic rings. The molecule has 0 aliphatic rings. The number of alkyl halides is 6. The minimum absolute atomic E-state index is 0.253. The Balaban J connectivity index is 1.81. The van der Waals surface area contributed by atoms with Gasteiger partial charge in [-0.1, -0.05) is 18.2 Å². The molecular weight excluding hydrogens is 476 g/mol. The van der Waals surface area contributed by atoms with Crippen molar-refractivity contribution in [1.29, 1.82) is 0 Å². The standard InChI is InChI=1S/C20H15F6N3O3S/c1-29-16(10-17(28-29)20(24,25)26)18(30)27-11-12-4-2-6-14(8-12)33(31,32)15-7-3-5-13(9-15)19(21,22)23/h2-10H,11H2,1H3,(H,27,30). The van der Waals surface area contributed by atoms with E-state index >= 15 is 0 Å². The van der Waals surface area contributed by atoms with Gasteiger partial charge in [0.05, 0.1) is 15.4 Å². The third kappa shape index (κ3) is 5.35. The maximum Gasteiger partial charge on any atom is 0.435 e. The van der Waals surface area contributed by atoms with Crippen LogP contribution in [0.4, 0.5) is 26.3 Å². The number of halogens is 6. The van der Waals surface area contributed by atoms with Crippen molar-refractivity contribution in [2.75, 3.05) is 0 Å². The first-order valence-corrected chi connectivity index (χ1v) is 10.6. The van der Waals surface area contributed by atoms with Gasteiger partial charge in [0.2, 0.25) is 9.84 Å². The number of amides is 1. The zero-order chi connectivity index (χ0) is 24.6. The molecule has 0 saturated heterocycles. The molecule has 2 aromatic carbocycles. The molecule has 1 heterocycles. The van der Waals surface area contributed by atoms with Crippen LogP contribution in [0.15, 0.2) is 64.4 Å². The van der Waals surface area contributed by atoms with Gasteiger partial charge >= 0.3 is 12.4 Å². The molecule has 0 atom stereocenters. The third-order valence-corrected chi connectivity index (χ3v) is 6.29. The second kappa shape index (κ2) is 8.54. The maximum atomic E-state index is 12.9. The SMILES string of the molecule is Cn1nc(C(F)(F)F)cc1C(=O)NCc1cccc(S(=O)(=O)c2cccc(C(F)(F)F)c2)c1. The second-order valence-corrected chi connectivity index (χ2v) is 8.84. The van der Waals surface area contributed by atoms with Crippen molar-refractivity contribution >= 4 is 15.7 Å². The molecule has 0 bridgehead atoms. The van der Waals surface area contributed by atoms with Gasteiger partial charge in [-0.05, 0) is 35.9 Å². The monoisotopic (exact) mass is 491 g/mol. The molecule has 0 aliphatic heterocycles. The summed E-state index contributed by atoms with van der Waals surface area (Å²) < 4.78 is 103. The minimum Gasteiger partial charge on any atom is -0.347 e. The quantitative estimate of drug-likeness (QED) is 0.542. The number of nitrogens with one attached hydrogen (secondary N) is 1. The van der Waals surface area contributed by atoms with Crippen LogP contribution in [-0.4, -0.2) is 24.1 Å². The van der Waals surface area contributed by atoms with Crippen LogP contribution in [0.25, 0.3) is 0 Å². The Hall–Kier alpha value is -3.35. The average molecular weight is 491 g/mol. The van der Waals surface area contributed by atoms with Crippen LogP contribution >= 0.6 is 0 Å². The van der Waals surface area contributed by atoms with E-state index in [9.17, 15) is 39.6 Å². The molecule has 0 spiro atoms. The lowest BCUT2D eigenvalue weighted by Crippen LogP contribution is -2.25. The fourth-order valence-electron chi connectivity index (χ4n) is 2.89. The number of sulfone groups is 1. The number of carbonyl (C=O) groups excluding carboxylic acids is 1. The van der Waals surface area contributed by atoms with Gasteiger partial charge in [-0.2, -0.15) is 31.4 Å². The van der Waals surface area contributed by atoms with Crippen molar-refractivity contribution < 1.29 is 39.6 Å². The number of carbonyl (C=O) groups is 1. The van der Waals surface area contributed by atoms with Crippen molar-refractivity contribution in [3.63, 3.8) is 0 Å². The molecule has 0 radical (unpaired) electrons. The maximum absolute atomic E-state index is 12.9. The highest BCUT2D eigenvalue weighted by Crippen LogP contribution is 2.32. The molecule has 0 aliphatic carbocycles. The highest BCUT2D eigenvalue weighted by molar-refractivity contribution is 7.91. The van der Waals surface area contributed by atoms with Crippen LogP contribution in [0, 0.1) is 0 Å². The van der Waals surface area contributed by atoms with Crippen LogP contribution in [0.5, 0.6) is 0 Å². The number of hydrogen-bond acceptors (Lipinski definition) is 4. The van der Waals surface area contributed by atoms with Crippen LogP contribution in [0.2, 0.25) is 0 Å². The van der Waals surface area contributed by atoms with Gasteiger partial charge in [0.15, 0.2) is 5.69 Å². The Labute approximate surface area is 183 Å². The van der Waals surface area contributed by atoms with E-state index in [2.05, 4.69) is 10.4 Å². The molecule has 3 rings (SSSR count). The second-order valence-electron chi connectivity index (χ2n) is 6.90. The van der Waals surface area contributed by atoms with Gasteiger partial charge in [0.1, 0.15) is 5.69 Å². The van der Waals surface area contributed by atoms with Gasteiger partial charge < -0.3 is 5.32 Å². The van der Waals surface area contributed by atoms with Gasteiger partial charge in [-0.15, -0.1) is 0 Å². The summed E-state index contributed by atoms with van der Waals surface area (Å²) in [5.41, 5.74) is -2.48. The number of benzene rings is 2. The van der Waals surface area contributed by atoms with Crippen LogP contribution in [0.3, 0.4) is 0 Å². The Morgan fingerprint density at radius 1 is 0.939 bits per heavy atom. The van der Waals surface area contributed by atoms with Gasteiger partial charge in [-0.25, -0.2) is 8.42 Å². The molecule has 0 fully saturated rings. The first-order chi connectivity index (χ1) is 15.2. The predicted octanol–water partition coefficient (Wildman–Crippen LogP) is 4.22. The highest BCUT2D eigenvalue weighted by atomic mass is 32.2. The smallest absolute Gasteiger partial charge is 0.347 e. The molecule has 1 amide bonds. The van der Waals surface area contributed by atoms with Crippen molar-refractivity contribution in [1.82, 2.24) is 15.1 Å². The molecule has 0 unspecified atom stereocenters. The highest BCUT2D eigenvalue weighted by Gasteiger charge is 2.35. The first kappa shape index (κ1) is 24.3. The van der Waals surface area contributed by atoms with Crippen LogP contribution in [0.1, 0.15) is 27.3 Å². The lowest BCUT2D eigenvalue weighted by Gasteiger charge is -2.11. The fraction of sp³-hybridized carbons (Fsp3) is 0.200. The summed E-state index contributed by atoms with van der Waals surface area (Å²) in [6.07, 6.45) is -9.46. The first-order valence-electron chi connectivity index (χ1n) is 9.10. The topological polar surface area (TPSA) is 81.1 Å². The van der Waals surface area contributed by atoms with Crippen LogP contribution < -0.4 is 5.32 Å². The van der Waals surface area contributed by atoms with Gasteiger partial charge in [-0.3, -0.25) is 9.48 Å². The van der Waals surface area contributed by atoms with E-state index in [1.54, 1.807) is 0 Å². The van der Waals surface area contributed by atoms with E-state index in [4.69, 9.17) is 0 Å². The molecule has 1 N–H and O–H groups in total. The van der Waals surface area contributed by atoms with E-state index in [0.717, 1.165) is 36.0 Å².